The average Bonchev–Trinajstić information content (AvgIpc) is 3.67. The van der Waals surface area contributed by atoms with Gasteiger partial charge in [0.1, 0.15) is 0 Å². The number of hydrogen-bond acceptors (Lipinski definition) is 2. The number of likely N-dealkylation sites (N-methyl/N-ethyl adjacent to an activating group) is 1. The van der Waals surface area contributed by atoms with Crippen LogP contribution >= 0.6 is 17.0 Å². The fraction of sp³-hybridized carbons (Fsp3) is 0.524. The molecule has 48 heavy (non-hydrogen) atoms. The molecule has 0 saturated heterocycles. The first-order valence-corrected chi connectivity index (χ1v) is 26.9. The van der Waals surface area contributed by atoms with E-state index < -0.39 is 28.9 Å². The van der Waals surface area contributed by atoms with Gasteiger partial charge in [0, 0.05) is 37.2 Å². The number of allylic oxidation sites excluding steroid dienone is 11. The molecule has 0 amide bonds. The van der Waals surface area contributed by atoms with Crippen LogP contribution in [0.2, 0.25) is 23.7 Å². The second-order valence-corrected chi connectivity index (χ2v) is 24.3. The zero-order valence-electron chi connectivity index (χ0n) is 30.4. The molecule has 2 nitrogen and oxygen atoms in total. The van der Waals surface area contributed by atoms with E-state index in [1.807, 2.05) is 0 Å². The number of halogens is 2. The third-order valence-electron chi connectivity index (χ3n) is 12.3. The standard InChI is InChI=1S/C40H53NOSi.2CH3.2ClH.Zr/c1-40(2,3)42-26-16-6-7-17-27-43(5,38-31-21-11-8-18-28(31)29-19-9-12-22-32(29)38)39-33-23-13-10-20-30(33)37-36(39)34-24-14-15-25-35(34)41(37)4;;;;;/h8-15,18-25,28-33,36-39H,6-7,16-17,26-27H2,1-5H3;2*1H3;2*1H;/q;2*-1;;;+4/p-2. The molecule has 10 atom stereocenters. The number of para-hydroxylation sites is 1. The minimum atomic E-state index is -1.90. The Balaban J connectivity index is 0.00000100. The van der Waals surface area contributed by atoms with Gasteiger partial charge in [-0.25, -0.2) is 0 Å². The Labute approximate surface area is 313 Å². The average molecular weight is 784 g/mol. The molecular weight excluding hydrogens is 725 g/mol. The summed E-state index contributed by atoms with van der Waals surface area (Å²) >= 11 is -0.826. The Morgan fingerprint density at radius 3 is 1.75 bits per heavy atom. The van der Waals surface area contributed by atoms with Gasteiger partial charge in [0.15, 0.2) is 0 Å². The van der Waals surface area contributed by atoms with Gasteiger partial charge >= 0.3 is 37.9 Å². The van der Waals surface area contributed by atoms with Gasteiger partial charge in [-0.2, -0.15) is 0 Å². The van der Waals surface area contributed by atoms with Crippen LogP contribution in [-0.4, -0.2) is 33.4 Å². The van der Waals surface area contributed by atoms with Gasteiger partial charge < -0.3 is 24.5 Å². The van der Waals surface area contributed by atoms with E-state index in [0.717, 1.165) is 17.7 Å². The first-order valence-electron chi connectivity index (χ1n) is 17.7. The Morgan fingerprint density at radius 1 is 0.708 bits per heavy atom. The molecule has 0 radical (unpaired) electrons. The Bertz CT molecular complexity index is 1360. The molecule has 0 N–H and O–H groups in total. The zero-order chi connectivity index (χ0) is 32.5. The minimum absolute atomic E-state index is 0. The number of nitrogens with zero attached hydrogens (tertiary/aromatic N) is 1. The number of unbranched alkanes of at least 4 members (excludes halogenated alkanes) is 3. The van der Waals surface area contributed by atoms with Crippen LogP contribution in [0.15, 0.2) is 97.2 Å². The molecule has 1 aliphatic heterocycles. The first-order chi connectivity index (χ1) is 22.2. The number of rotatable bonds is 9. The maximum absolute atomic E-state index is 6.07. The molecule has 0 bridgehead atoms. The quantitative estimate of drug-likeness (QED) is 0.141. The summed E-state index contributed by atoms with van der Waals surface area (Å²) in [5.74, 6) is 4.51. The van der Waals surface area contributed by atoms with Gasteiger partial charge in [0.2, 0.25) is 0 Å². The SMILES string of the molecule is CN1c2ccccc2C2C1C1C=CC=CC1C2[Si](C)(CCCCCCOC(C)(C)C)C1C2C=CC=CC2C2C=CC=CC21.[CH3-].[CH3-].[Cl][Zr+2][Cl]. The van der Waals surface area contributed by atoms with E-state index in [4.69, 9.17) is 21.8 Å². The molecule has 6 heteroatoms. The summed E-state index contributed by atoms with van der Waals surface area (Å²) in [6.07, 6.45) is 35.0. The molecule has 7 rings (SSSR count). The monoisotopic (exact) mass is 781 g/mol. The van der Waals surface area contributed by atoms with Crippen LogP contribution in [0.5, 0.6) is 0 Å². The molecule has 5 aliphatic carbocycles. The molecule has 10 unspecified atom stereocenters. The second-order valence-electron chi connectivity index (χ2n) is 15.7. The summed E-state index contributed by atoms with van der Waals surface area (Å²) in [6, 6.07) is 11.5. The van der Waals surface area contributed by atoms with Crippen LogP contribution in [0.3, 0.4) is 0 Å². The van der Waals surface area contributed by atoms with Gasteiger partial charge in [-0.3, -0.25) is 0 Å². The van der Waals surface area contributed by atoms with E-state index in [2.05, 4.69) is 136 Å². The van der Waals surface area contributed by atoms with Crippen molar-refractivity contribution in [1.82, 2.24) is 0 Å². The molecule has 1 aromatic carbocycles. The second kappa shape index (κ2) is 17.1. The summed E-state index contributed by atoms with van der Waals surface area (Å²) in [7, 11) is 10.4. The van der Waals surface area contributed by atoms with E-state index >= 15 is 0 Å². The third kappa shape index (κ3) is 7.65. The van der Waals surface area contributed by atoms with E-state index in [9.17, 15) is 0 Å². The van der Waals surface area contributed by atoms with Crippen LogP contribution in [0.4, 0.5) is 5.69 Å². The number of anilines is 1. The molecule has 0 spiro atoms. The van der Waals surface area contributed by atoms with Crippen LogP contribution in [0, 0.1) is 50.4 Å². The van der Waals surface area contributed by atoms with E-state index in [1.54, 1.807) is 5.56 Å². The molecular formula is C42H59Cl2NOSiZr. The fourth-order valence-corrected chi connectivity index (χ4v) is 17.8. The third-order valence-corrected chi connectivity index (χ3v) is 18.3. The van der Waals surface area contributed by atoms with Crippen LogP contribution in [0.25, 0.3) is 0 Å². The molecule has 0 aromatic heterocycles. The Morgan fingerprint density at radius 2 is 1.19 bits per heavy atom. The summed E-state index contributed by atoms with van der Waals surface area (Å²) < 4.78 is 6.07. The molecule has 2 saturated carbocycles. The van der Waals surface area contributed by atoms with Gasteiger partial charge in [-0.05, 0) is 79.5 Å². The fourth-order valence-electron chi connectivity index (χ4n) is 10.8. The Kier molecular flexibility index (Phi) is 14.2. The van der Waals surface area contributed by atoms with Crippen molar-refractivity contribution in [2.75, 3.05) is 18.6 Å². The van der Waals surface area contributed by atoms with E-state index in [1.165, 1.54) is 37.4 Å². The van der Waals surface area contributed by atoms with Crippen molar-refractivity contribution >= 4 is 30.8 Å². The van der Waals surface area contributed by atoms with Crippen molar-refractivity contribution in [3.8, 4) is 0 Å². The predicted octanol–water partition coefficient (Wildman–Crippen LogP) is 12.2. The van der Waals surface area contributed by atoms with Crippen molar-refractivity contribution in [2.45, 2.75) is 87.7 Å². The number of benzene rings is 1. The topological polar surface area (TPSA) is 12.5 Å². The zero-order valence-corrected chi connectivity index (χ0v) is 35.3. The summed E-state index contributed by atoms with van der Waals surface area (Å²) in [5, 5.41) is 0. The van der Waals surface area contributed by atoms with Gasteiger partial charge in [0.05, 0.1) is 13.7 Å². The summed E-state index contributed by atoms with van der Waals surface area (Å²) in [4.78, 5) is 2.68. The van der Waals surface area contributed by atoms with Crippen molar-refractivity contribution in [2.24, 2.45) is 35.5 Å². The van der Waals surface area contributed by atoms with Gasteiger partial charge in [-0.1, -0.05) is 123 Å². The van der Waals surface area contributed by atoms with Crippen LogP contribution in [0.1, 0.15) is 57.9 Å². The van der Waals surface area contributed by atoms with Crippen molar-refractivity contribution in [3.63, 3.8) is 0 Å². The summed E-state index contributed by atoms with van der Waals surface area (Å²) in [5.41, 5.74) is 4.62. The molecule has 2 fully saturated rings. The number of fused-ring (bicyclic) bond motifs is 8. The van der Waals surface area contributed by atoms with E-state index in [0.29, 0.717) is 47.5 Å². The van der Waals surface area contributed by atoms with Crippen molar-refractivity contribution in [1.29, 1.82) is 0 Å². The normalized spacial score (nSPS) is 33.9. The predicted molar refractivity (Wildman–Crippen MR) is 210 cm³/mol. The van der Waals surface area contributed by atoms with Crippen molar-refractivity contribution in [3.05, 3.63) is 118 Å². The molecule has 6 aliphatic rings. The molecule has 1 heterocycles. The van der Waals surface area contributed by atoms with Crippen LogP contribution < -0.4 is 4.90 Å². The number of hydrogen-bond donors (Lipinski definition) is 0. The number of ether oxygens (including phenoxy) is 1. The molecule has 260 valence electrons. The molecule has 1 aromatic rings. The first kappa shape index (κ1) is 39.9. The van der Waals surface area contributed by atoms with Crippen molar-refractivity contribution < 1.29 is 25.6 Å². The van der Waals surface area contributed by atoms with Gasteiger partial charge in [-0.15, -0.1) is 0 Å². The van der Waals surface area contributed by atoms with E-state index in [-0.39, 0.29) is 20.5 Å². The van der Waals surface area contributed by atoms with Crippen LogP contribution in [-0.2, 0) is 25.6 Å². The Hall–Kier alpha value is -0.900. The maximum atomic E-state index is 6.07. The summed E-state index contributed by atoms with van der Waals surface area (Å²) in [6.45, 7) is 10.3. The van der Waals surface area contributed by atoms with Gasteiger partial charge in [0.25, 0.3) is 0 Å².